The Morgan fingerprint density at radius 2 is 2.24 bits per heavy atom. The van der Waals surface area contributed by atoms with Crippen LogP contribution in [0.5, 0.6) is 0 Å². The van der Waals surface area contributed by atoms with E-state index in [0.717, 1.165) is 25.5 Å². The maximum absolute atomic E-state index is 12.3. The molecule has 1 heterocycles. The molecule has 0 spiro atoms. The fourth-order valence-corrected chi connectivity index (χ4v) is 2.73. The second-order valence-corrected chi connectivity index (χ2v) is 6.17. The number of hydrogen-bond acceptors (Lipinski definition) is 5. The van der Waals surface area contributed by atoms with Gasteiger partial charge in [-0.25, -0.2) is 4.98 Å². The minimum Gasteiger partial charge on any atom is -0.373 e. The standard InChI is InChI=1S/C14H20N4O3/c1-14(2)5-4-9(7-14)17-13(19)10-6-12(15-3)16-8-11(10)18(20)21/h6,8-9H,4-5,7H2,1-3H3,(H,15,16)(H,17,19). The lowest BCUT2D eigenvalue weighted by molar-refractivity contribution is -0.385. The minimum atomic E-state index is -0.583. The van der Waals surface area contributed by atoms with E-state index in [1.807, 2.05) is 0 Å². The number of carbonyl (C=O) groups excluding carboxylic acids is 1. The van der Waals surface area contributed by atoms with Crippen molar-refractivity contribution in [1.29, 1.82) is 0 Å². The average molecular weight is 292 g/mol. The number of carbonyl (C=O) groups is 1. The van der Waals surface area contributed by atoms with Gasteiger partial charge in [0.2, 0.25) is 0 Å². The SMILES string of the molecule is CNc1cc(C(=O)NC2CCC(C)(C)C2)c([N+](=O)[O-])cn1. The molecule has 0 bridgehead atoms. The molecule has 1 aromatic heterocycles. The summed E-state index contributed by atoms with van der Waals surface area (Å²) in [6.07, 6.45) is 3.94. The Balaban J connectivity index is 2.20. The topological polar surface area (TPSA) is 97.2 Å². The predicted molar refractivity (Wildman–Crippen MR) is 79.3 cm³/mol. The summed E-state index contributed by atoms with van der Waals surface area (Å²) in [5.74, 6) is 0.0146. The zero-order valence-corrected chi connectivity index (χ0v) is 12.5. The molecule has 0 aromatic carbocycles. The van der Waals surface area contributed by atoms with Gasteiger partial charge in [-0.1, -0.05) is 13.8 Å². The fraction of sp³-hybridized carbons (Fsp3) is 0.571. The normalized spacial score (nSPS) is 20.0. The van der Waals surface area contributed by atoms with Crippen LogP contribution in [0.15, 0.2) is 12.3 Å². The van der Waals surface area contributed by atoms with Crippen molar-refractivity contribution in [2.45, 2.75) is 39.2 Å². The van der Waals surface area contributed by atoms with E-state index < -0.39 is 10.8 Å². The van der Waals surface area contributed by atoms with Gasteiger partial charge >= 0.3 is 0 Å². The highest BCUT2D eigenvalue weighted by atomic mass is 16.6. The van der Waals surface area contributed by atoms with Crippen molar-refractivity contribution < 1.29 is 9.72 Å². The van der Waals surface area contributed by atoms with Crippen LogP contribution in [0, 0.1) is 15.5 Å². The van der Waals surface area contributed by atoms with Gasteiger partial charge in [0.1, 0.15) is 17.6 Å². The summed E-state index contributed by atoms with van der Waals surface area (Å²) >= 11 is 0. The molecule has 114 valence electrons. The van der Waals surface area contributed by atoms with E-state index in [2.05, 4.69) is 29.5 Å². The summed E-state index contributed by atoms with van der Waals surface area (Å²) in [5, 5.41) is 16.7. The zero-order valence-electron chi connectivity index (χ0n) is 12.5. The molecule has 1 saturated carbocycles. The minimum absolute atomic E-state index is 0.0454. The number of aromatic nitrogens is 1. The van der Waals surface area contributed by atoms with Crippen molar-refractivity contribution in [2.24, 2.45) is 5.41 Å². The van der Waals surface area contributed by atoms with Gasteiger partial charge in [0.25, 0.3) is 11.6 Å². The van der Waals surface area contributed by atoms with E-state index in [1.54, 1.807) is 7.05 Å². The van der Waals surface area contributed by atoms with Crippen molar-refractivity contribution in [2.75, 3.05) is 12.4 Å². The number of nitro groups is 1. The third kappa shape index (κ3) is 3.48. The molecule has 2 rings (SSSR count). The predicted octanol–water partition coefficient (Wildman–Crippen LogP) is 2.34. The number of rotatable bonds is 4. The van der Waals surface area contributed by atoms with Gasteiger partial charge in [0, 0.05) is 19.2 Å². The lowest BCUT2D eigenvalue weighted by atomic mass is 9.92. The Morgan fingerprint density at radius 3 is 2.76 bits per heavy atom. The van der Waals surface area contributed by atoms with Gasteiger partial charge in [-0.05, 0) is 24.7 Å². The highest BCUT2D eigenvalue weighted by Crippen LogP contribution is 2.37. The summed E-state index contributed by atoms with van der Waals surface area (Å²) in [6, 6.07) is 1.48. The van der Waals surface area contributed by atoms with Gasteiger partial charge in [0.05, 0.1) is 4.92 Å². The van der Waals surface area contributed by atoms with Crippen LogP contribution >= 0.6 is 0 Å². The van der Waals surface area contributed by atoms with Crippen LogP contribution < -0.4 is 10.6 Å². The maximum atomic E-state index is 12.3. The molecule has 0 saturated heterocycles. The molecule has 1 fully saturated rings. The molecule has 1 aliphatic carbocycles. The molecule has 2 N–H and O–H groups in total. The number of amides is 1. The first-order valence-electron chi connectivity index (χ1n) is 6.95. The van der Waals surface area contributed by atoms with Crippen LogP contribution in [-0.2, 0) is 0 Å². The lowest BCUT2D eigenvalue weighted by Crippen LogP contribution is -2.34. The Kier molecular flexibility index (Phi) is 4.11. The monoisotopic (exact) mass is 292 g/mol. The quantitative estimate of drug-likeness (QED) is 0.655. The van der Waals surface area contributed by atoms with E-state index in [-0.39, 0.29) is 22.7 Å². The highest BCUT2D eigenvalue weighted by molar-refractivity contribution is 5.98. The number of nitrogens with one attached hydrogen (secondary N) is 2. The maximum Gasteiger partial charge on any atom is 0.300 e. The molecule has 21 heavy (non-hydrogen) atoms. The van der Waals surface area contributed by atoms with Crippen LogP contribution in [0.2, 0.25) is 0 Å². The van der Waals surface area contributed by atoms with Gasteiger partial charge in [-0.15, -0.1) is 0 Å². The molecule has 1 aliphatic rings. The molecular weight excluding hydrogens is 272 g/mol. The summed E-state index contributed by atoms with van der Waals surface area (Å²) < 4.78 is 0. The van der Waals surface area contributed by atoms with Gasteiger partial charge in [-0.3, -0.25) is 14.9 Å². The molecule has 7 nitrogen and oxygen atoms in total. The van der Waals surface area contributed by atoms with Crippen LogP contribution in [0.3, 0.4) is 0 Å². The molecule has 1 amide bonds. The summed E-state index contributed by atoms with van der Waals surface area (Å²) in [4.78, 5) is 26.7. The number of nitrogens with zero attached hydrogens (tertiary/aromatic N) is 2. The van der Waals surface area contributed by atoms with E-state index in [4.69, 9.17) is 0 Å². The Hall–Kier alpha value is -2.18. The first-order valence-corrected chi connectivity index (χ1v) is 6.95. The second-order valence-electron chi connectivity index (χ2n) is 6.17. The van der Waals surface area contributed by atoms with E-state index >= 15 is 0 Å². The van der Waals surface area contributed by atoms with Crippen molar-refractivity contribution in [3.63, 3.8) is 0 Å². The summed E-state index contributed by atoms with van der Waals surface area (Å²) in [5.41, 5.74) is -0.0223. The summed E-state index contributed by atoms with van der Waals surface area (Å²) in [6.45, 7) is 4.32. The van der Waals surface area contributed by atoms with Crippen molar-refractivity contribution in [3.8, 4) is 0 Å². The number of hydrogen-bond donors (Lipinski definition) is 2. The third-order valence-electron chi connectivity index (χ3n) is 3.88. The van der Waals surface area contributed by atoms with Crippen LogP contribution in [-0.4, -0.2) is 28.9 Å². The summed E-state index contributed by atoms with van der Waals surface area (Å²) in [7, 11) is 1.65. The third-order valence-corrected chi connectivity index (χ3v) is 3.88. The van der Waals surface area contributed by atoms with Crippen molar-refractivity contribution >= 4 is 17.4 Å². The Bertz CT molecular complexity index is 571. The Labute approximate surface area is 123 Å². The molecule has 0 aliphatic heterocycles. The smallest absolute Gasteiger partial charge is 0.300 e. The van der Waals surface area contributed by atoms with Crippen LogP contribution in [0.1, 0.15) is 43.5 Å². The number of anilines is 1. The lowest BCUT2D eigenvalue weighted by Gasteiger charge is -2.18. The first-order chi connectivity index (χ1) is 9.82. The van der Waals surface area contributed by atoms with Crippen molar-refractivity contribution in [1.82, 2.24) is 10.3 Å². The fourth-order valence-electron chi connectivity index (χ4n) is 2.73. The molecule has 1 unspecified atom stereocenters. The average Bonchev–Trinajstić information content (AvgIpc) is 2.76. The molecule has 7 heteroatoms. The van der Waals surface area contributed by atoms with Crippen LogP contribution in [0.4, 0.5) is 11.5 Å². The second kappa shape index (κ2) is 5.67. The Morgan fingerprint density at radius 1 is 1.52 bits per heavy atom. The van der Waals surface area contributed by atoms with Gasteiger partial charge < -0.3 is 10.6 Å². The number of pyridine rings is 1. The van der Waals surface area contributed by atoms with Gasteiger partial charge in [0.15, 0.2) is 0 Å². The van der Waals surface area contributed by atoms with Gasteiger partial charge in [-0.2, -0.15) is 0 Å². The molecule has 0 radical (unpaired) electrons. The first kappa shape index (κ1) is 15.2. The zero-order chi connectivity index (χ0) is 15.6. The largest absolute Gasteiger partial charge is 0.373 e. The highest BCUT2D eigenvalue weighted by Gasteiger charge is 2.33. The van der Waals surface area contributed by atoms with Crippen LogP contribution in [0.25, 0.3) is 0 Å². The molecular formula is C14H20N4O3. The van der Waals surface area contributed by atoms with E-state index in [0.29, 0.717) is 5.82 Å². The van der Waals surface area contributed by atoms with E-state index in [1.165, 1.54) is 6.07 Å². The molecule has 1 aromatic rings. The van der Waals surface area contributed by atoms with Crippen molar-refractivity contribution in [3.05, 3.63) is 27.9 Å². The van der Waals surface area contributed by atoms with E-state index in [9.17, 15) is 14.9 Å². The molecule has 1 atom stereocenters.